The summed E-state index contributed by atoms with van der Waals surface area (Å²) in [7, 11) is 0. The van der Waals surface area contributed by atoms with Gasteiger partial charge < -0.3 is 10.4 Å². The van der Waals surface area contributed by atoms with Gasteiger partial charge in [-0.2, -0.15) is 0 Å². The number of unbranched alkanes of at least 4 members (excludes halogenated alkanes) is 1. The van der Waals surface area contributed by atoms with Crippen molar-refractivity contribution in [3.8, 4) is 0 Å². The van der Waals surface area contributed by atoms with E-state index in [1.54, 1.807) is 12.1 Å². The number of carboxylic acid groups (broad SMARTS) is 1. The zero-order valence-electron chi connectivity index (χ0n) is 11.6. The molecule has 1 aromatic rings. The lowest BCUT2D eigenvalue weighted by atomic mass is 10.1. The van der Waals surface area contributed by atoms with Crippen LogP contribution < -0.4 is 5.32 Å². The Balaban J connectivity index is 2.41. The van der Waals surface area contributed by atoms with E-state index >= 15 is 0 Å². The standard InChI is InChI=1S/C15H20FNO3/c1-2-3-4-13(15(19)20)17-14(18)10-7-11-5-8-12(16)9-6-11/h5-6,8-9,13H,2-4,7,10H2,1H3,(H,17,18)(H,19,20)/t13-/m0/s1. The third-order valence-corrected chi connectivity index (χ3v) is 3.03. The third kappa shape index (κ3) is 5.82. The molecule has 0 aliphatic carbocycles. The van der Waals surface area contributed by atoms with Gasteiger partial charge in [-0.05, 0) is 30.5 Å². The summed E-state index contributed by atoms with van der Waals surface area (Å²) >= 11 is 0. The molecule has 0 radical (unpaired) electrons. The predicted molar refractivity (Wildman–Crippen MR) is 73.8 cm³/mol. The summed E-state index contributed by atoms with van der Waals surface area (Å²) in [5.74, 6) is -1.62. The summed E-state index contributed by atoms with van der Waals surface area (Å²) in [5.41, 5.74) is 0.849. The van der Waals surface area contributed by atoms with Crippen molar-refractivity contribution >= 4 is 11.9 Å². The van der Waals surface area contributed by atoms with Gasteiger partial charge in [-0.15, -0.1) is 0 Å². The maximum absolute atomic E-state index is 12.7. The molecular formula is C15H20FNO3. The van der Waals surface area contributed by atoms with E-state index in [0.717, 1.165) is 18.4 Å². The summed E-state index contributed by atoms with van der Waals surface area (Å²) in [4.78, 5) is 22.7. The Hall–Kier alpha value is -1.91. The van der Waals surface area contributed by atoms with Gasteiger partial charge in [0.15, 0.2) is 0 Å². The first-order valence-electron chi connectivity index (χ1n) is 6.79. The Bertz CT molecular complexity index is 445. The molecule has 0 spiro atoms. The largest absolute Gasteiger partial charge is 0.480 e. The summed E-state index contributed by atoms with van der Waals surface area (Å²) in [5, 5.41) is 11.5. The van der Waals surface area contributed by atoms with Gasteiger partial charge in [-0.3, -0.25) is 4.79 Å². The first kappa shape index (κ1) is 16.1. The van der Waals surface area contributed by atoms with Crippen LogP contribution >= 0.6 is 0 Å². The smallest absolute Gasteiger partial charge is 0.326 e. The van der Waals surface area contributed by atoms with E-state index in [1.807, 2.05) is 6.92 Å². The van der Waals surface area contributed by atoms with Crippen LogP contribution in [-0.2, 0) is 16.0 Å². The molecule has 0 aliphatic rings. The van der Waals surface area contributed by atoms with Crippen LogP contribution in [-0.4, -0.2) is 23.0 Å². The van der Waals surface area contributed by atoms with Crippen molar-refractivity contribution in [2.45, 2.75) is 45.1 Å². The second kappa shape index (κ2) is 8.30. The Labute approximate surface area is 118 Å². The zero-order valence-corrected chi connectivity index (χ0v) is 11.6. The highest BCUT2D eigenvalue weighted by Crippen LogP contribution is 2.06. The lowest BCUT2D eigenvalue weighted by molar-refractivity contribution is -0.142. The number of carbonyl (C=O) groups excluding carboxylic acids is 1. The number of aliphatic carboxylic acids is 1. The Morgan fingerprint density at radius 3 is 2.50 bits per heavy atom. The second-order valence-corrected chi connectivity index (χ2v) is 4.73. The van der Waals surface area contributed by atoms with Crippen molar-refractivity contribution in [1.29, 1.82) is 0 Å². The zero-order chi connectivity index (χ0) is 15.0. The first-order chi connectivity index (χ1) is 9.52. The normalized spacial score (nSPS) is 11.9. The SMILES string of the molecule is CCCC[C@H](NC(=O)CCc1ccc(F)cc1)C(=O)O. The molecule has 1 atom stereocenters. The van der Waals surface area contributed by atoms with Crippen LogP contribution in [0.4, 0.5) is 4.39 Å². The van der Waals surface area contributed by atoms with Crippen molar-refractivity contribution in [2.75, 3.05) is 0 Å². The highest BCUT2D eigenvalue weighted by atomic mass is 19.1. The number of carbonyl (C=O) groups is 2. The van der Waals surface area contributed by atoms with Crippen molar-refractivity contribution in [3.05, 3.63) is 35.6 Å². The molecule has 0 aliphatic heterocycles. The molecule has 1 aromatic carbocycles. The number of amides is 1. The quantitative estimate of drug-likeness (QED) is 0.769. The average molecular weight is 281 g/mol. The average Bonchev–Trinajstić information content (AvgIpc) is 2.42. The molecule has 0 unspecified atom stereocenters. The molecule has 110 valence electrons. The van der Waals surface area contributed by atoms with E-state index in [2.05, 4.69) is 5.32 Å². The Morgan fingerprint density at radius 1 is 1.30 bits per heavy atom. The molecule has 0 saturated carbocycles. The maximum atomic E-state index is 12.7. The number of nitrogens with one attached hydrogen (secondary N) is 1. The minimum absolute atomic E-state index is 0.196. The van der Waals surface area contributed by atoms with Crippen LogP contribution in [0, 0.1) is 5.82 Å². The van der Waals surface area contributed by atoms with Crippen LogP contribution in [0.1, 0.15) is 38.2 Å². The van der Waals surface area contributed by atoms with E-state index in [4.69, 9.17) is 5.11 Å². The minimum Gasteiger partial charge on any atom is -0.480 e. The molecule has 4 nitrogen and oxygen atoms in total. The van der Waals surface area contributed by atoms with Gasteiger partial charge in [0.25, 0.3) is 0 Å². The number of carboxylic acids is 1. The fourth-order valence-corrected chi connectivity index (χ4v) is 1.84. The fraction of sp³-hybridized carbons (Fsp3) is 0.467. The Morgan fingerprint density at radius 2 is 1.95 bits per heavy atom. The first-order valence-corrected chi connectivity index (χ1v) is 6.79. The summed E-state index contributed by atoms with van der Waals surface area (Å²) in [6.45, 7) is 1.97. The number of halogens is 1. The third-order valence-electron chi connectivity index (χ3n) is 3.03. The van der Waals surface area contributed by atoms with Crippen molar-refractivity contribution < 1.29 is 19.1 Å². The van der Waals surface area contributed by atoms with Gasteiger partial charge in [0, 0.05) is 6.42 Å². The highest BCUT2D eigenvalue weighted by molar-refractivity contribution is 5.83. The predicted octanol–water partition coefficient (Wildman–Crippen LogP) is 2.52. The van der Waals surface area contributed by atoms with Gasteiger partial charge in [0.1, 0.15) is 11.9 Å². The van der Waals surface area contributed by atoms with E-state index in [0.29, 0.717) is 12.8 Å². The molecule has 0 aromatic heterocycles. The summed E-state index contributed by atoms with van der Waals surface area (Å²) in [6.07, 6.45) is 2.74. The number of benzene rings is 1. The van der Waals surface area contributed by atoms with Crippen LogP contribution in [0.15, 0.2) is 24.3 Å². The molecule has 20 heavy (non-hydrogen) atoms. The van der Waals surface area contributed by atoms with Crippen LogP contribution in [0.2, 0.25) is 0 Å². The topological polar surface area (TPSA) is 66.4 Å². The van der Waals surface area contributed by atoms with E-state index < -0.39 is 12.0 Å². The number of rotatable bonds is 8. The molecule has 5 heteroatoms. The van der Waals surface area contributed by atoms with Gasteiger partial charge in [0.05, 0.1) is 0 Å². The van der Waals surface area contributed by atoms with Crippen molar-refractivity contribution in [1.82, 2.24) is 5.32 Å². The molecule has 0 saturated heterocycles. The molecule has 0 heterocycles. The maximum Gasteiger partial charge on any atom is 0.326 e. The van der Waals surface area contributed by atoms with Crippen LogP contribution in [0.5, 0.6) is 0 Å². The van der Waals surface area contributed by atoms with Gasteiger partial charge in [0.2, 0.25) is 5.91 Å². The molecule has 2 N–H and O–H groups in total. The highest BCUT2D eigenvalue weighted by Gasteiger charge is 2.18. The molecule has 0 bridgehead atoms. The fourth-order valence-electron chi connectivity index (χ4n) is 1.84. The molecule has 1 rings (SSSR count). The number of hydrogen-bond donors (Lipinski definition) is 2. The lowest BCUT2D eigenvalue weighted by Gasteiger charge is -2.14. The Kier molecular flexibility index (Phi) is 6.70. The summed E-state index contributed by atoms with van der Waals surface area (Å²) in [6, 6.07) is 5.10. The van der Waals surface area contributed by atoms with Crippen LogP contribution in [0.3, 0.4) is 0 Å². The van der Waals surface area contributed by atoms with Crippen molar-refractivity contribution in [3.63, 3.8) is 0 Å². The molecular weight excluding hydrogens is 261 g/mol. The van der Waals surface area contributed by atoms with Gasteiger partial charge in [-0.25, -0.2) is 9.18 Å². The molecule has 1 amide bonds. The van der Waals surface area contributed by atoms with Gasteiger partial charge >= 0.3 is 5.97 Å². The number of hydrogen-bond acceptors (Lipinski definition) is 2. The monoisotopic (exact) mass is 281 g/mol. The minimum atomic E-state index is -1.01. The van der Waals surface area contributed by atoms with E-state index in [1.165, 1.54) is 12.1 Å². The van der Waals surface area contributed by atoms with Crippen molar-refractivity contribution in [2.24, 2.45) is 0 Å². The summed E-state index contributed by atoms with van der Waals surface area (Å²) < 4.78 is 12.7. The van der Waals surface area contributed by atoms with Gasteiger partial charge in [-0.1, -0.05) is 31.9 Å². The lowest BCUT2D eigenvalue weighted by Crippen LogP contribution is -2.40. The van der Waals surface area contributed by atoms with Crippen LogP contribution in [0.25, 0.3) is 0 Å². The second-order valence-electron chi connectivity index (χ2n) is 4.73. The molecule has 0 fully saturated rings. The van der Waals surface area contributed by atoms with E-state index in [-0.39, 0.29) is 18.1 Å². The van der Waals surface area contributed by atoms with E-state index in [9.17, 15) is 14.0 Å². The number of aryl methyl sites for hydroxylation is 1.